The monoisotopic (exact) mass is 261 g/mol. The Balaban J connectivity index is 2.04. The number of aromatic amines is 1. The van der Waals surface area contributed by atoms with Crippen molar-refractivity contribution in [2.45, 2.75) is 26.4 Å². The number of aromatic nitrogens is 4. The van der Waals surface area contributed by atoms with Crippen LogP contribution in [0.15, 0.2) is 24.4 Å². The second kappa shape index (κ2) is 5.05. The summed E-state index contributed by atoms with van der Waals surface area (Å²) >= 11 is 0. The van der Waals surface area contributed by atoms with Crippen LogP contribution < -0.4 is 5.32 Å². The van der Waals surface area contributed by atoms with Crippen molar-refractivity contribution in [3.05, 3.63) is 24.4 Å². The van der Waals surface area contributed by atoms with Crippen molar-refractivity contribution in [1.29, 1.82) is 0 Å². The number of ether oxygens (including phenoxy) is 1. The van der Waals surface area contributed by atoms with Crippen LogP contribution in [0.1, 0.15) is 20.8 Å². The summed E-state index contributed by atoms with van der Waals surface area (Å²) in [6.45, 7) is 5.38. The highest BCUT2D eigenvalue weighted by Gasteiger charge is 2.17. The Bertz CT molecular complexity index is 559. The topological polar surface area (TPSA) is 92.8 Å². The molecule has 0 spiro atoms. The van der Waals surface area contributed by atoms with E-state index in [1.54, 1.807) is 45.2 Å². The molecule has 0 radical (unpaired) electrons. The molecule has 0 saturated carbocycles. The van der Waals surface area contributed by atoms with Gasteiger partial charge in [-0.3, -0.25) is 10.4 Å². The van der Waals surface area contributed by atoms with Gasteiger partial charge in [0.05, 0.1) is 5.69 Å². The number of amides is 1. The maximum absolute atomic E-state index is 11.6. The summed E-state index contributed by atoms with van der Waals surface area (Å²) in [4.78, 5) is 11.6. The molecule has 1 amide bonds. The smallest absolute Gasteiger partial charge is 0.413 e. The van der Waals surface area contributed by atoms with Crippen LogP contribution in [0.3, 0.4) is 0 Å². The number of nitrogens with zero attached hydrogens (tertiary/aromatic N) is 3. The fraction of sp³-hybridized carbons (Fsp3) is 0.333. The zero-order chi connectivity index (χ0) is 13.9. The van der Waals surface area contributed by atoms with Gasteiger partial charge in [0.25, 0.3) is 0 Å². The number of carbonyl (C=O) groups is 1. The highest BCUT2D eigenvalue weighted by molar-refractivity contribution is 5.84. The van der Waals surface area contributed by atoms with Gasteiger partial charge in [-0.1, -0.05) is 0 Å². The molecule has 2 aromatic rings. The Labute approximate surface area is 110 Å². The average molecular weight is 261 g/mol. The molecule has 0 bridgehead atoms. The third-order valence-electron chi connectivity index (χ3n) is 2.06. The molecular formula is C12H15N5O2. The maximum Gasteiger partial charge on any atom is 0.413 e. The first-order valence-electron chi connectivity index (χ1n) is 5.77. The normalized spacial score (nSPS) is 11.1. The van der Waals surface area contributed by atoms with Gasteiger partial charge in [-0.2, -0.15) is 10.2 Å². The quantitative estimate of drug-likeness (QED) is 0.864. The Morgan fingerprint density at radius 1 is 1.42 bits per heavy atom. The van der Waals surface area contributed by atoms with Gasteiger partial charge in [0.15, 0.2) is 5.82 Å². The molecule has 0 fully saturated rings. The van der Waals surface area contributed by atoms with Crippen LogP contribution in [-0.2, 0) is 4.74 Å². The number of H-pyrrole nitrogens is 1. The van der Waals surface area contributed by atoms with Crippen LogP contribution in [0.2, 0.25) is 0 Å². The summed E-state index contributed by atoms with van der Waals surface area (Å²) < 4.78 is 5.12. The van der Waals surface area contributed by atoms with E-state index in [-0.39, 0.29) is 0 Å². The van der Waals surface area contributed by atoms with Crippen molar-refractivity contribution < 1.29 is 9.53 Å². The summed E-state index contributed by atoms with van der Waals surface area (Å²) in [7, 11) is 0. The molecule has 0 aliphatic carbocycles. The highest BCUT2D eigenvalue weighted by Crippen LogP contribution is 2.17. The molecule has 0 saturated heterocycles. The van der Waals surface area contributed by atoms with E-state index >= 15 is 0 Å². The van der Waals surface area contributed by atoms with Crippen LogP contribution >= 0.6 is 0 Å². The second-order valence-corrected chi connectivity index (χ2v) is 4.90. The molecule has 100 valence electrons. The Kier molecular flexibility index (Phi) is 3.46. The molecule has 2 aromatic heterocycles. The lowest BCUT2D eigenvalue weighted by Gasteiger charge is -2.18. The van der Waals surface area contributed by atoms with Crippen molar-refractivity contribution in [3.63, 3.8) is 0 Å². The highest BCUT2D eigenvalue weighted by atomic mass is 16.6. The van der Waals surface area contributed by atoms with Crippen LogP contribution in [0.25, 0.3) is 11.4 Å². The van der Waals surface area contributed by atoms with E-state index in [2.05, 4.69) is 25.7 Å². The molecule has 0 aromatic carbocycles. The van der Waals surface area contributed by atoms with E-state index in [0.717, 1.165) is 0 Å². The lowest BCUT2D eigenvalue weighted by Crippen LogP contribution is -2.27. The first kappa shape index (κ1) is 13.0. The molecular weight excluding hydrogens is 246 g/mol. The van der Waals surface area contributed by atoms with Crippen molar-refractivity contribution in [2.75, 3.05) is 5.32 Å². The van der Waals surface area contributed by atoms with Crippen molar-refractivity contribution in [1.82, 2.24) is 20.4 Å². The average Bonchev–Trinajstić information content (AvgIpc) is 2.76. The predicted molar refractivity (Wildman–Crippen MR) is 69.5 cm³/mol. The van der Waals surface area contributed by atoms with Crippen LogP contribution in [0, 0.1) is 0 Å². The van der Waals surface area contributed by atoms with Gasteiger partial charge in [0.1, 0.15) is 11.3 Å². The predicted octanol–water partition coefficient (Wildman–Crippen LogP) is 2.21. The van der Waals surface area contributed by atoms with Gasteiger partial charge in [0, 0.05) is 12.3 Å². The molecule has 2 N–H and O–H groups in total. The van der Waals surface area contributed by atoms with E-state index in [1.807, 2.05) is 0 Å². The number of anilines is 1. The molecule has 19 heavy (non-hydrogen) atoms. The summed E-state index contributed by atoms with van der Waals surface area (Å²) in [5.74, 6) is 0.370. The fourth-order valence-corrected chi connectivity index (χ4v) is 1.37. The number of rotatable bonds is 2. The number of hydrogen-bond donors (Lipinski definition) is 2. The molecule has 0 aliphatic heterocycles. The van der Waals surface area contributed by atoms with Gasteiger partial charge in [-0.25, -0.2) is 4.79 Å². The first-order chi connectivity index (χ1) is 8.94. The molecule has 7 nitrogen and oxygen atoms in total. The Morgan fingerprint density at radius 2 is 2.21 bits per heavy atom. The fourth-order valence-electron chi connectivity index (χ4n) is 1.37. The number of nitrogens with one attached hydrogen (secondary N) is 2. The first-order valence-corrected chi connectivity index (χ1v) is 5.77. The molecule has 2 heterocycles. The Hall–Kier alpha value is -2.44. The van der Waals surface area contributed by atoms with Gasteiger partial charge >= 0.3 is 6.09 Å². The summed E-state index contributed by atoms with van der Waals surface area (Å²) in [6.07, 6.45) is 1.03. The van der Waals surface area contributed by atoms with Gasteiger partial charge in [-0.05, 0) is 32.9 Å². The van der Waals surface area contributed by atoms with Crippen molar-refractivity contribution >= 4 is 11.9 Å². The minimum Gasteiger partial charge on any atom is -0.444 e. The standard InChI is InChI=1S/C12H15N5O2/c1-12(2,3)19-11(18)14-10-7-9(16-17-10)8-5-4-6-13-15-8/h4-7H,1-3H3,(H2,14,16,17,18). The number of carbonyl (C=O) groups excluding carboxylic acids is 1. The summed E-state index contributed by atoms with van der Waals surface area (Å²) in [6, 6.07) is 5.22. The van der Waals surface area contributed by atoms with E-state index in [0.29, 0.717) is 17.2 Å². The third kappa shape index (κ3) is 3.77. The van der Waals surface area contributed by atoms with Crippen LogP contribution in [0.4, 0.5) is 10.6 Å². The van der Waals surface area contributed by atoms with E-state index < -0.39 is 11.7 Å². The van der Waals surface area contributed by atoms with Gasteiger partial charge < -0.3 is 4.74 Å². The van der Waals surface area contributed by atoms with Gasteiger partial charge in [0.2, 0.25) is 0 Å². The largest absolute Gasteiger partial charge is 0.444 e. The minimum atomic E-state index is -0.551. The van der Waals surface area contributed by atoms with Crippen LogP contribution in [0.5, 0.6) is 0 Å². The molecule has 0 unspecified atom stereocenters. The lowest BCUT2D eigenvalue weighted by atomic mass is 10.2. The maximum atomic E-state index is 11.6. The van der Waals surface area contributed by atoms with E-state index in [1.165, 1.54) is 0 Å². The lowest BCUT2D eigenvalue weighted by molar-refractivity contribution is 0.0635. The molecule has 0 atom stereocenters. The summed E-state index contributed by atoms with van der Waals surface area (Å²) in [5, 5.41) is 17.0. The van der Waals surface area contributed by atoms with Crippen LogP contribution in [-0.4, -0.2) is 32.1 Å². The van der Waals surface area contributed by atoms with Gasteiger partial charge in [-0.15, -0.1) is 5.10 Å². The zero-order valence-corrected chi connectivity index (χ0v) is 11.0. The second-order valence-electron chi connectivity index (χ2n) is 4.90. The zero-order valence-electron chi connectivity index (χ0n) is 11.0. The van der Waals surface area contributed by atoms with E-state index in [9.17, 15) is 4.79 Å². The van der Waals surface area contributed by atoms with Crippen molar-refractivity contribution in [2.24, 2.45) is 0 Å². The summed E-state index contributed by atoms with van der Waals surface area (Å²) in [5.41, 5.74) is 0.764. The number of hydrogen-bond acceptors (Lipinski definition) is 5. The molecule has 0 aliphatic rings. The molecule has 7 heteroatoms. The Morgan fingerprint density at radius 3 is 2.84 bits per heavy atom. The van der Waals surface area contributed by atoms with Crippen molar-refractivity contribution in [3.8, 4) is 11.4 Å². The SMILES string of the molecule is CC(C)(C)OC(=O)Nc1cc(-c2cccnn2)[nH]n1. The minimum absolute atomic E-state index is 0.370. The molecule has 2 rings (SSSR count). The third-order valence-corrected chi connectivity index (χ3v) is 2.06. The van der Waals surface area contributed by atoms with E-state index in [4.69, 9.17) is 4.74 Å².